The molecule has 9 heteroatoms. The van der Waals surface area contributed by atoms with E-state index in [1.54, 1.807) is 22.7 Å². The second-order valence-corrected chi connectivity index (χ2v) is 8.96. The number of thiazole rings is 2. The summed E-state index contributed by atoms with van der Waals surface area (Å²) in [5, 5.41) is 0.496. The maximum atomic E-state index is 14.1. The molecule has 6 nitrogen and oxygen atoms in total. The number of fused-ring (bicyclic) bond motifs is 1. The number of anilines is 1. The second-order valence-electron chi connectivity index (χ2n) is 6.98. The van der Waals surface area contributed by atoms with Crippen LogP contribution in [0.4, 0.5) is 9.52 Å². The molecule has 2 aromatic heterocycles. The predicted octanol–water partition coefficient (Wildman–Crippen LogP) is 4.07. The zero-order valence-corrected chi connectivity index (χ0v) is 17.6. The number of hydrogen-bond donors (Lipinski definition) is 0. The molecule has 4 rings (SSSR count). The molecule has 3 heterocycles. The Hall–Kier alpha value is -2.39. The normalized spacial score (nSPS) is 15.0. The van der Waals surface area contributed by atoms with E-state index in [1.165, 1.54) is 28.7 Å². The first-order valence-electron chi connectivity index (χ1n) is 9.58. The van der Waals surface area contributed by atoms with Gasteiger partial charge in [-0.2, -0.15) is 0 Å². The van der Waals surface area contributed by atoms with E-state index in [4.69, 9.17) is 0 Å². The Morgan fingerprint density at radius 1 is 1.31 bits per heavy atom. The van der Waals surface area contributed by atoms with Crippen LogP contribution in [0.25, 0.3) is 10.2 Å². The summed E-state index contributed by atoms with van der Waals surface area (Å²) in [5.74, 6) is -0.470. The highest BCUT2D eigenvalue weighted by atomic mass is 32.1. The molecular weight excluding hydrogens is 411 g/mol. The van der Waals surface area contributed by atoms with Crippen molar-refractivity contribution in [2.75, 3.05) is 18.0 Å². The highest BCUT2D eigenvalue weighted by Gasteiger charge is 2.32. The molecule has 0 bridgehead atoms. The molecule has 152 valence electrons. The number of nitrogens with zero attached hydrogens (tertiary/aromatic N) is 4. The fraction of sp³-hybridized carbons (Fsp3) is 0.400. The zero-order chi connectivity index (χ0) is 20.4. The van der Waals surface area contributed by atoms with E-state index in [2.05, 4.69) is 9.97 Å². The lowest BCUT2D eigenvalue weighted by molar-refractivity contribution is -0.134. The smallest absolute Gasteiger partial charge is 0.232 e. The van der Waals surface area contributed by atoms with Crippen molar-refractivity contribution in [3.8, 4) is 0 Å². The number of carbonyl (C=O) groups is 2. The van der Waals surface area contributed by atoms with Gasteiger partial charge in [-0.15, -0.1) is 11.3 Å². The number of halogens is 1. The largest absolute Gasteiger partial charge is 0.343 e. The minimum Gasteiger partial charge on any atom is -0.343 e. The van der Waals surface area contributed by atoms with Gasteiger partial charge in [0.15, 0.2) is 5.13 Å². The minimum atomic E-state index is -0.387. The number of benzene rings is 1. The molecule has 1 aliphatic heterocycles. The fourth-order valence-electron chi connectivity index (χ4n) is 3.55. The Labute approximate surface area is 176 Å². The van der Waals surface area contributed by atoms with Crippen molar-refractivity contribution in [3.05, 3.63) is 40.6 Å². The number of likely N-dealkylation sites (tertiary alicyclic amines) is 1. The summed E-state index contributed by atoms with van der Waals surface area (Å²) < 4.78 is 14.9. The van der Waals surface area contributed by atoms with Crippen molar-refractivity contribution in [2.24, 2.45) is 5.92 Å². The summed E-state index contributed by atoms with van der Waals surface area (Å²) in [6.07, 6.45) is 3.47. The number of aromatic nitrogens is 2. The molecule has 0 aliphatic carbocycles. The van der Waals surface area contributed by atoms with Crippen LogP contribution in [0.5, 0.6) is 0 Å². The van der Waals surface area contributed by atoms with Gasteiger partial charge in [-0.25, -0.2) is 9.37 Å². The zero-order valence-electron chi connectivity index (χ0n) is 16.0. The van der Waals surface area contributed by atoms with E-state index in [-0.39, 0.29) is 29.1 Å². The predicted molar refractivity (Wildman–Crippen MR) is 112 cm³/mol. The van der Waals surface area contributed by atoms with Gasteiger partial charge in [-0.05, 0) is 25.0 Å². The lowest BCUT2D eigenvalue weighted by Gasteiger charge is -2.33. The Kier molecular flexibility index (Phi) is 5.86. The monoisotopic (exact) mass is 432 g/mol. The average molecular weight is 433 g/mol. The van der Waals surface area contributed by atoms with E-state index < -0.39 is 0 Å². The first kappa shape index (κ1) is 19.9. The number of para-hydroxylation sites is 1. The topological polar surface area (TPSA) is 66.4 Å². The van der Waals surface area contributed by atoms with Crippen molar-refractivity contribution >= 4 is 49.8 Å². The van der Waals surface area contributed by atoms with Crippen LogP contribution in [0.15, 0.2) is 29.9 Å². The Morgan fingerprint density at radius 3 is 2.76 bits per heavy atom. The van der Waals surface area contributed by atoms with E-state index >= 15 is 0 Å². The van der Waals surface area contributed by atoms with Crippen LogP contribution in [-0.4, -0.2) is 39.8 Å². The van der Waals surface area contributed by atoms with Crippen molar-refractivity contribution in [1.29, 1.82) is 0 Å². The molecule has 0 atom stereocenters. The lowest BCUT2D eigenvalue weighted by Crippen LogP contribution is -2.44. The minimum absolute atomic E-state index is 0.0264. The fourth-order valence-corrected chi connectivity index (χ4v) is 5.12. The molecule has 0 unspecified atom stereocenters. The molecule has 29 heavy (non-hydrogen) atoms. The molecule has 1 fully saturated rings. The van der Waals surface area contributed by atoms with Crippen LogP contribution in [0.1, 0.15) is 31.1 Å². The van der Waals surface area contributed by atoms with Gasteiger partial charge in [0.05, 0.1) is 16.8 Å². The van der Waals surface area contributed by atoms with Gasteiger partial charge in [0.25, 0.3) is 0 Å². The maximum Gasteiger partial charge on any atom is 0.232 e. The van der Waals surface area contributed by atoms with Crippen molar-refractivity contribution in [2.45, 2.75) is 32.7 Å². The number of rotatable bonds is 5. The van der Waals surface area contributed by atoms with Crippen molar-refractivity contribution in [1.82, 2.24) is 14.9 Å². The molecule has 1 saturated heterocycles. The summed E-state index contributed by atoms with van der Waals surface area (Å²) in [7, 11) is 0. The van der Waals surface area contributed by atoms with Crippen molar-refractivity contribution in [3.63, 3.8) is 0 Å². The van der Waals surface area contributed by atoms with E-state index in [1.807, 2.05) is 17.9 Å². The molecule has 1 aliphatic rings. The van der Waals surface area contributed by atoms with Crippen LogP contribution in [0.3, 0.4) is 0 Å². The van der Waals surface area contributed by atoms with Gasteiger partial charge in [0.2, 0.25) is 11.8 Å². The van der Waals surface area contributed by atoms with Gasteiger partial charge >= 0.3 is 0 Å². The van der Waals surface area contributed by atoms with Gasteiger partial charge in [-0.3, -0.25) is 19.5 Å². The van der Waals surface area contributed by atoms with Gasteiger partial charge < -0.3 is 4.90 Å². The second kappa shape index (κ2) is 8.54. The summed E-state index contributed by atoms with van der Waals surface area (Å²) >= 11 is 2.79. The quantitative estimate of drug-likeness (QED) is 0.610. The molecular formula is C20H21FN4O2S2. The van der Waals surface area contributed by atoms with Gasteiger partial charge in [-0.1, -0.05) is 24.3 Å². The number of piperidine rings is 1. The van der Waals surface area contributed by atoms with E-state index in [0.717, 1.165) is 4.88 Å². The Balaban J connectivity index is 1.59. The number of amides is 2. The van der Waals surface area contributed by atoms with Crippen molar-refractivity contribution < 1.29 is 14.0 Å². The van der Waals surface area contributed by atoms with Crippen LogP contribution in [-0.2, 0) is 16.1 Å². The van der Waals surface area contributed by atoms with Gasteiger partial charge in [0, 0.05) is 36.5 Å². The Morgan fingerprint density at radius 2 is 2.10 bits per heavy atom. The van der Waals surface area contributed by atoms with Gasteiger partial charge in [0.1, 0.15) is 11.3 Å². The summed E-state index contributed by atoms with van der Waals surface area (Å²) in [6, 6.07) is 4.83. The highest BCUT2D eigenvalue weighted by molar-refractivity contribution is 7.22. The van der Waals surface area contributed by atoms with Crippen LogP contribution >= 0.6 is 22.7 Å². The molecule has 0 spiro atoms. The molecule has 2 amide bonds. The SMILES string of the molecule is CCC(=O)N1CCC(C(=O)N(Cc2cncs2)c2nc3c(F)cccc3s2)CC1. The number of carbonyl (C=O) groups excluding carboxylic acids is 2. The highest BCUT2D eigenvalue weighted by Crippen LogP contribution is 2.33. The summed E-state index contributed by atoms with van der Waals surface area (Å²) in [4.78, 5) is 38.3. The average Bonchev–Trinajstić information content (AvgIpc) is 3.41. The van der Waals surface area contributed by atoms with E-state index in [9.17, 15) is 14.0 Å². The van der Waals surface area contributed by atoms with Crippen LogP contribution in [0, 0.1) is 11.7 Å². The van der Waals surface area contributed by atoms with Crippen LogP contribution in [0.2, 0.25) is 0 Å². The summed E-state index contributed by atoms with van der Waals surface area (Å²) in [6.45, 7) is 3.39. The standard InChI is InChI=1S/C20H21FN4O2S2/c1-2-17(26)24-8-6-13(7-9-24)19(27)25(11-14-10-22-12-28-14)20-23-18-15(21)4-3-5-16(18)29-20/h3-5,10,12-13H,2,6-9,11H2,1H3. The molecule has 3 aromatic rings. The number of hydrogen-bond acceptors (Lipinski definition) is 6. The third-order valence-electron chi connectivity index (χ3n) is 5.15. The molecule has 0 N–H and O–H groups in total. The Bertz CT molecular complexity index is 1010. The first-order chi connectivity index (χ1) is 14.1. The van der Waals surface area contributed by atoms with E-state index in [0.29, 0.717) is 48.7 Å². The maximum absolute atomic E-state index is 14.1. The third kappa shape index (κ3) is 4.16. The summed E-state index contributed by atoms with van der Waals surface area (Å²) in [5.41, 5.74) is 2.02. The third-order valence-corrected chi connectivity index (χ3v) is 6.96. The molecule has 0 saturated carbocycles. The molecule has 1 aromatic carbocycles. The van der Waals surface area contributed by atoms with Crippen LogP contribution < -0.4 is 4.90 Å². The molecule has 0 radical (unpaired) electrons. The lowest BCUT2D eigenvalue weighted by atomic mass is 9.95. The first-order valence-corrected chi connectivity index (χ1v) is 11.3.